The van der Waals surface area contributed by atoms with Gasteiger partial charge >= 0.3 is 0 Å². The minimum atomic E-state index is -0.295. The van der Waals surface area contributed by atoms with Gasteiger partial charge < -0.3 is 14.8 Å². The molecule has 1 amide bonds. The van der Waals surface area contributed by atoms with Crippen molar-refractivity contribution in [2.75, 3.05) is 14.2 Å². The van der Waals surface area contributed by atoms with Crippen LogP contribution in [0.5, 0.6) is 11.5 Å². The van der Waals surface area contributed by atoms with E-state index >= 15 is 0 Å². The molecular formula is C17H18FNO3. The van der Waals surface area contributed by atoms with E-state index in [4.69, 9.17) is 9.47 Å². The molecule has 0 radical (unpaired) electrons. The number of hydrogen-bond acceptors (Lipinski definition) is 3. The number of ether oxygens (including phenoxy) is 2. The molecule has 0 aliphatic rings. The van der Waals surface area contributed by atoms with Crippen LogP contribution in [0, 0.1) is 5.82 Å². The number of nitrogens with one attached hydrogen (secondary N) is 1. The maximum absolute atomic E-state index is 12.8. The lowest BCUT2D eigenvalue weighted by Crippen LogP contribution is -2.24. The predicted molar refractivity (Wildman–Crippen MR) is 81.5 cm³/mol. The minimum absolute atomic E-state index is 0.143. The van der Waals surface area contributed by atoms with Crippen molar-refractivity contribution >= 4 is 5.91 Å². The zero-order chi connectivity index (χ0) is 15.9. The summed E-state index contributed by atoms with van der Waals surface area (Å²) in [6.45, 7) is 0.353. The molecule has 22 heavy (non-hydrogen) atoms. The molecule has 2 aromatic rings. The van der Waals surface area contributed by atoms with Crippen LogP contribution >= 0.6 is 0 Å². The highest BCUT2D eigenvalue weighted by atomic mass is 19.1. The van der Waals surface area contributed by atoms with Crippen molar-refractivity contribution in [3.8, 4) is 11.5 Å². The first-order valence-corrected chi connectivity index (χ1v) is 6.84. The Balaban J connectivity index is 1.98. The molecule has 0 saturated carbocycles. The molecule has 2 rings (SSSR count). The van der Waals surface area contributed by atoms with Crippen LogP contribution in [-0.2, 0) is 17.8 Å². The van der Waals surface area contributed by atoms with E-state index in [0.717, 1.165) is 11.1 Å². The molecule has 0 aliphatic carbocycles. The fourth-order valence-corrected chi connectivity index (χ4v) is 2.06. The Bertz CT molecular complexity index is 641. The summed E-state index contributed by atoms with van der Waals surface area (Å²) in [7, 11) is 3.13. The zero-order valence-corrected chi connectivity index (χ0v) is 12.6. The maximum atomic E-state index is 12.8. The van der Waals surface area contributed by atoms with Gasteiger partial charge in [-0.25, -0.2) is 4.39 Å². The summed E-state index contributed by atoms with van der Waals surface area (Å²) in [5.41, 5.74) is 1.59. The number of carbonyl (C=O) groups excluding carboxylic acids is 1. The monoisotopic (exact) mass is 303 g/mol. The van der Waals surface area contributed by atoms with E-state index in [0.29, 0.717) is 18.0 Å². The summed E-state index contributed by atoms with van der Waals surface area (Å²) in [5, 5.41) is 2.80. The highest BCUT2D eigenvalue weighted by molar-refractivity contribution is 5.79. The van der Waals surface area contributed by atoms with Crippen LogP contribution in [0.1, 0.15) is 11.1 Å². The molecule has 0 bridgehead atoms. The second-order valence-corrected chi connectivity index (χ2v) is 4.76. The van der Waals surface area contributed by atoms with Gasteiger partial charge in [0.25, 0.3) is 0 Å². The lowest BCUT2D eigenvalue weighted by molar-refractivity contribution is -0.120. The van der Waals surface area contributed by atoms with Gasteiger partial charge in [-0.2, -0.15) is 0 Å². The third kappa shape index (κ3) is 4.22. The average molecular weight is 303 g/mol. The number of halogens is 1. The van der Waals surface area contributed by atoms with E-state index in [-0.39, 0.29) is 18.1 Å². The molecule has 5 heteroatoms. The normalized spacial score (nSPS) is 10.1. The number of benzene rings is 2. The summed E-state index contributed by atoms with van der Waals surface area (Å²) in [6.07, 6.45) is 0.182. The minimum Gasteiger partial charge on any atom is -0.497 e. The maximum Gasteiger partial charge on any atom is 0.224 e. The second kappa shape index (κ2) is 7.45. The molecule has 4 nitrogen and oxygen atoms in total. The first-order valence-electron chi connectivity index (χ1n) is 6.84. The molecule has 0 saturated heterocycles. The molecule has 116 valence electrons. The smallest absolute Gasteiger partial charge is 0.224 e. The molecule has 0 aromatic heterocycles. The van der Waals surface area contributed by atoms with Crippen molar-refractivity contribution in [3.05, 3.63) is 59.4 Å². The van der Waals surface area contributed by atoms with E-state index in [1.165, 1.54) is 12.1 Å². The highest BCUT2D eigenvalue weighted by Gasteiger charge is 2.10. The van der Waals surface area contributed by atoms with Gasteiger partial charge in [-0.15, -0.1) is 0 Å². The Labute approximate surface area is 128 Å². The van der Waals surface area contributed by atoms with Crippen molar-refractivity contribution in [1.82, 2.24) is 5.32 Å². The van der Waals surface area contributed by atoms with Crippen molar-refractivity contribution in [2.45, 2.75) is 13.0 Å². The Morgan fingerprint density at radius 1 is 1.09 bits per heavy atom. The fourth-order valence-electron chi connectivity index (χ4n) is 2.06. The van der Waals surface area contributed by atoms with Gasteiger partial charge in [0.15, 0.2) is 0 Å². The molecule has 2 aromatic carbocycles. The number of carbonyl (C=O) groups is 1. The van der Waals surface area contributed by atoms with E-state index in [2.05, 4.69) is 5.32 Å². The Hall–Kier alpha value is -2.56. The molecule has 0 atom stereocenters. The topological polar surface area (TPSA) is 47.6 Å². The Kier molecular flexibility index (Phi) is 5.36. The van der Waals surface area contributed by atoms with Gasteiger partial charge in [-0.1, -0.05) is 12.1 Å². The van der Waals surface area contributed by atoms with Gasteiger partial charge in [-0.05, 0) is 35.9 Å². The molecule has 0 unspecified atom stereocenters. The predicted octanol–water partition coefficient (Wildman–Crippen LogP) is 2.70. The quantitative estimate of drug-likeness (QED) is 0.892. The van der Waals surface area contributed by atoms with Crippen LogP contribution in [-0.4, -0.2) is 20.1 Å². The standard InChI is InChI=1S/C17H18FNO3/c1-21-15-7-8-16(22-2)13(9-15)10-17(20)19-11-12-3-5-14(18)6-4-12/h3-9H,10-11H2,1-2H3,(H,19,20). The van der Waals surface area contributed by atoms with Gasteiger partial charge in [0, 0.05) is 12.1 Å². The van der Waals surface area contributed by atoms with Gasteiger partial charge in [0.1, 0.15) is 17.3 Å². The number of rotatable bonds is 6. The van der Waals surface area contributed by atoms with E-state index < -0.39 is 0 Å². The van der Waals surface area contributed by atoms with Crippen LogP contribution in [0.25, 0.3) is 0 Å². The van der Waals surface area contributed by atoms with Crippen molar-refractivity contribution in [3.63, 3.8) is 0 Å². The number of hydrogen-bond donors (Lipinski definition) is 1. The first kappa shape index (κ1) is 15.8. The molecule has 0 fully saturated rings. The summed E-state index contributed by atoms with van der Waals surface area (Å²) < 4.78 is 23.2. The van der Waals surface area contributed by atoms with Crippen LogP contribution in [0.15, 0.2) is 42.5 Å². The van der Waals surface area contributed by atoms with Gasteiger partial charge in [-0.3, -0.25) is 4.79 Å². The largest absolute Gasteiger partial charge is 0.497 e. The molecule has 0 spiro atoms. The fraction of sp³-hybridized carbons (Fsp3) is 0.235. The lowest BCUT2D eigenvalue weighted by atomic mass is 10.1. The zero-order valence-electron chi connectivity index (χ0n) is 12.6. The Morgan fingerprint density at radius 3 is 2.45 bits per heavy atom. The summed E-state index contributed by atoms with van der Waals surface area (Å²) in [6, 6.07) is 11.3. The third-order valence-electron chi connectivity index (χ3n) is 3.24. The van der Waals surface area contributed by atoms with E-state index in [9.17, 15) is 9.18 Å². The summed E-state index contributed by atoms with van der Waals surface area (Å²) in [5.74, 6) is 0.868. The van der Waals surface area contributed by atoms with E-state index in [1.807, 2.05) is 0 Å². The van der Waals surface area contributed by atoms with Gasteiger partial charge in [0.2, 0.25) is 5.91 Å². The van der Waals surface area contributed by atoms with Crippen LogP contribution in [0.2, 0.25) is 0 Å². The summed E-state index contributed by atoms with van der Waals surface area (Å²) in [4.78, 5) is 12.0. The van der Waals surface area contributed by atoms with E-state index in [1.54, 1.807) is 44.6 Å². The molecule has 0 aliphatic heterocycles. The highest BCUT2D eigenvalue weighted by Crippen LogP contribution is 2.24. The van der Waals surface area contributed by atoms with Crippen molar-refractivity contribution < 1.29 is 18.7 Å². The van der Waals surface area contributed by atoms with Crippen LogP contribution < -0.4 is 14.8 Å². The van der Waals surface area contributed by atoms with Crippen molar-refractivity contribution in [2.24, 2.45) is 0 Å². The SMILES string of the molecule is COc1ccc(OC)c(CC(=O)NCc2ccc(F)cc2)c1. The average Bonchev–Trinajstić information content (AvgIpc) is 2.54. The number of amides is 1. The second-order valence-electron chi connectivity index (χ2n) is 4.76. The summed E-state index contributed by atoms with van der Waals surface area (Å²) >= 11 is 0. The third-order valence-corrected chi connectivity index (χ3v) is 3.24. The Morgan fingerprint density at radius 2 is 1.82 bits per heavy atom. The van der Waals surface area contributed by atoms with Crippen LogP contribution in [0.3, 0.4) is 0 Å². The van der Waals surface area contributed by atoms with Crippen molar-refractivity contribution in [1.29, 1.82) is 0 Å². The first-order chi connectivity index (χ1) is 10.6. The molecule has 0 heterocycles. The molecular weight excluding hydrogens is 285 g/mol. The lowest BCUT2D eigenvalue weighted by Gasteiger charge is -2.11. The van der Waals surface area contributed by atoms with Gasteiger partial charge in [0.05, 0.1) is 20.6 Å². The van der Waals surface area contributed by atoms with Crippen LogP contribution in [0.4, 0.5) is 4.39 Å². The number of methoxy groups -OCH3 is 2. The molecule has 1 N–H and O–H groups in total.